The number of ether oxygens (including phenoxy) is 1. The van der Waals surface area contributed by atoms with Crippen LogP contribution in [0.4, 0.5) is 4.39 Å². The smallest absolute Gasteiger partial charge is 0.329 e. The minimum absolute atomic E-state index is 0.0299. The first kappa shape index (κ1) is 20.7. The van der Waals surface area contributed by atoms with Crippen LogP contribution in [-0.2, 0) is 16.2 Å². The molecule has 0 fully saturated rings. The van der Waals surface area contributed by atoms with Crippen molar-refractivity contribution >= 4 is 28.8 Å². The van der Waals surface area contributed by atoms with Crippen LogP contribution in [0.2, 0.25) is 0 Å². The highest BCUT2D eigenvalue weighted by molar-refractivity contribution is 6.35. The molecule has 0 spiro atoms. The third-order valence-electron chi connectivity index (χ3n) is 4.24. The standard InChI is InChI=1S/C23H20FN3O3/c1-2-13-25-22(28)23(29)27-26-14-19-18-9-5-3-7-16(18)11-12-21(19)30-15-17-8-4-6-10-20(17)24/h2-12,14H,1,13,15H2,(H,25,28)(H,27,29)/b26-14-. The number of fused-ring (bicyclic) bond motifs is 1. The van der Waals surface area contributed by atoms with E-state index in [9.17, 15) is 14.0 Å². The van der Waals surface area contributed by atoms with Gasteiger partial charge in [-0.25, -0.2) is 9.82 Å². The van der Waals surface area contributed by atoms with E-state index in [1.807, 2.05) is 30.3 Å². The van der Waals surface area contributed by atoms with Crippen molar-refractivity contribution in [3.8, 4) is 5.75 Å². The van der Waals surface area contributed by atoms with Gasteiger partial charge in [-0.05, 0) is 22.9 Å². The van der Waals surface area contributed by atoms with Crippen LogP contribution in [0.15, 0.2) is 78.4 Å². The fraction of sp³-hybridized carbons (Fsp3) is 0.0870. The molecule has 3 aromatic carbocycles. The summed E-state index contributed by atoms with van der Waals surface area (Å²) in [6.07, 6.45) is 2.86. The topological polar surface area (TPSA) is 79.8 Å². The number of nitrogens with one attached hydrogen (secondary N) is 2. The van der Waals surface area contributed by atoms with E-state index >= 15 is 0 Å². The Morgan fingerprint density at radius 3 is 2.60 bits per heavy atom. The summed E-state index contributed by atoms with van der Waals surface area (Å²) in [7, 11) is 0. The van der Waals surface area contributed by atoms with Gasteiger partial charge in [0.05, 0.1) is 6.21 Å². The maximum atomic E-state index is 13.9. The first-order chi connectivity index (χ1) is 14.6. The van der Waals surface area contributed by atoms with E-state index in [1.54, 1.807) is 24.3 Å². The molecule has 0 aliphatic heterocycles. The molecule has 0 bridgehead atoms. The van der Waals surface area contributed by atoms with Gasteiger partial charge >= 0.3 is 11.8 Å². The van der Waals surface area contributed by atoms with Crippen LogP contribution in [-0.4, -0.2) is 24.6 Å². The predicted molar refractivity (Wildman–Crippen MR) is 114 cm³/mol. The SMILES string of the molecule is C=CCNC(=O)C(=O)N/N=C\c1c(OCc2ccccc2F)ccc2ccccc12. The molecule has 3 rings (SSSR count). The maximum Gasteiger partial charge on any atom is 0.329 e. The molecule has 0 aromatic heterocycles. The minimum Gasteiger partial charge on any atom is -0.488 e. The molecular formula is C23H20FN3O3. The lowest BCUT2D eigenvalue weighted by molar-refractivity contribution is -0.139. The van der Waals surface area contributed by atoms with Crippen LogP contribution in [0, 0.1) is 5.82 Å². The van der Waals surface area contributed by atoms with Gasteiger partial charge in [0, 0.05) is 17.7 Å². The number of amides is 2. The Labute approximate surface area is 173 Å². The molecule has 0 saturated heterocycles. The van der Waals surface area contributed by atoms with Crippen LogP contribution >= 0.6 is 0 Å². The van der Waals surface area contributed by atoms with Gasteiger partial charge in [-0.3, -0.25) is 9.59 Å². The number of benzene rings is 3. The first-order valence-electron chi connectivity index (χ1n) is 9.20. The summed E-state index contributed by atoms with van der Waals surface area (Å²) in [5.74, 6) is -1.61. The van der Waals surface area contributed by atoms with E-state index in [0.717, 1.165) is 10.8 Å². The first-order valence-corrected chi connectivity index (χ1v) is 9.20. The molecular weight excluding hydrogens is 385 g/mol. The van der Waals surface area contributed by atoms with Crippen molar-refractivity contribution in [2.45, 2.75) is 6.61 Å². The average molecular weight is 405 g/mol. The fourth-order valence-corrected chi connectivity index (χ4v) is 2.76. The van der Waals surface area contributed by atoms with Gasteiger partial charge in [0.15, 0.2) is 0 Å². The monoisotopic (exact) mass is 405 g/mol. The number of rotatable bonds is 7. The third-order valence-corrected chi connectivity index (χ3v) is 4.24. The highest BCUT2D eigenvalue weighted by atomic mass is 19.1. The molecule has 7 heteroatoms. The summed E-state index contributed by atoms with van der Waals surface area (Å²) < 4.78 is 19.7. The molecule has 0 saturated carbocycles. The predicted octanol–water partition coefficient (Wildman–Crippen LogP) is 3.31. The van der Waals surface area contributed by atoms with E-state index in [2.05, 4.69) is 22.4 Å². The molecule has 0 heterocycles. The number of halogens is 1. The van der Waals surface area contributed by atoms with Gasteiger partial charge in [0.2, 0.25) is 0 Å². The molecule has 0 atom stereocenters. The Bertz CT molecular complexity index is 1110. The third kappa shape index (κ3) is 5.08. The largest absolute Gasteiger partial charge is 0.488 e. The summed E-state index contributed by atoms with van der Waals surface area (Å²) in [6.45, 7) is 3.67. The lowest BCUT2D eigenvalue weighted by Gasteiger charge is -2.12. The van der Waals surface area contributed by atoms with Gasteiger partial charge in [0.1, 0.15) is 18.2 Å². The fourth-order valence-electron chi connectivity index (χ4n) is 2.76. The van der Waals surface area contributed by atoms with Crippen molar-refractivity contribution in [3.05, 3.63) is 90.3 Å². The van der Waals surface area contributed by atoms with E-state index in [4.69, 9.17) is 4.74 Å². The second-order valence-corrected chi connectivity index (χ2v) is 6.28. The van der Waals surface area contributed by atoms with E-state index < -0.39 is 11.8 Å². The minimum atomic E-state index is -0.901. The summed E-state index contributed by atoms with van der Waals surface area (Å²) in [4.78, 5) is 23.4. The molecule has 6 nitrogen and oxygen atoms in total. The molecule has 3 aromatic rings. The van der Waals surface area contributed by atoms with Crippen molar-refractivity contribution < 1.29 is 18.7 Å². The molecule has 2 N–H and O–H groups in total. The Morgan fingerprint density at radius 2 is 1.80 bits per heavy atom. The van der Waals surface area contributed by atoms with Crippen LogP contribution in [0.1, 0.15) is 11.1 Å². The van der Waals surface area contributed by atoms with Gasteiger partial charge in [-0.2, -0.15) is 5.10 Å². The second kappa shape index (κ2) is 9.97. The Balaban J connectivity index is 1.83. The van der Waals surface area contributed by atoms with Crippen molar-refractivity contribution in [2.24, 2.45) is 5.10 Å². The number of carbonyl (C=O) groups excluding carboxylic acids is 2. The number of hydrogen-bond donors (Lipinski definition) is 2. The summed E-state index contributed by atoms with van der Waals surface area (Å²) >= 11 is 0. The molecule has 0 radical (unpaired) electrons. The van der Waals surface area contributed by atoms with Crippen molar-refractivity contribution in [2.75, 3.05) is 6.54 Å². The molecule has 0 aliphatic carbocycles. The summed E-state index contributed by atoms with van der Waals surface area (Å²) in [5, 5.41) is 8.02. The second-order valence-electron chi connectivity index (χ2n) is 6.28. The van der Waals surface area contributed by atoms with Crippen molar-refractivity contribution in [1.82, 2.24) is 10.7 Å². The highest BCUT2D eigenvalue weighted by Crippen LogP contribution is 2.27. The van der Waals surface area contributed by atoms with Crippen LogP contribution < -0.4 is 15.5 Å². The maximum absolute atomic E-state index is 13.9. The van der Waals surface area contributed by atoms with Crippen LogP contribution in [0.25, 0.3) is 10.8 Å². The van der Waals surface area contributed by atoms with Crippen molar-refractivity contribution in [3.63, 3.8) is 0 Å². The number of nitrogens with zero attached hydrogens (tertiary/aromatic N) is 1. The highest BCUT2D eigenvalue weighted by Gasteiger charge is 2.12. The zero-order valence-electron chi connectivity index (χ0n) is 16.1. The zero-order chi connectivity index (χ0) is 21.3. The summed E-state index contributed by atoms with van der Waals surface area (Å²) in [5.41, 5.74) is 3.19. The molecule has 30 heavy (non-hydrogen) atoms. The lowest BCUT2D eigenvalue weighted by atomic mass is 10.0. The quantitative estimate of drug-likeness (QED) is 0.274. The normalized spacial score (nSPS) is 10.7. The summed E-state index contributed by atoms with van der Waals surface area (Å²) in [6, 6.07) is 17.6. The zero-order valence-corrected chi connectivity index (χ0v) is 16.1. The van der Waals surface area contributed by atoms with Crippen LogP contribution in [0.5, 0.6) is 5.75 Å². The van der Waals surface area contributed by atoms with E-state index in [-0.39, 0.29) is 19.0 Å². The van der Waals surface area contributed by atoms with Crippen molar-refractivity contribution in [1.29, 1.82) is 0 Å². The Kier molecular flexibility index (Phi) is 6.89. The average Bonchev–Trinajstić information content (AvgIpc) is 2.77. The number of hydrazone groups is 1. The number of carbonyl (C=O) groups is 2. The Morgan fingerprint density at radius 1 is 1.03 bits per heavy atom. The van der Waals surface area contributed by atoms with E-state index in [0.29, 0.717) is 16.9 Å². The van der Waals surface area contributed by atoms with Gasteiger partial charge in [0.25, 0.3) is 0 Å². The lowest BCUT2D eigenvalue weighted by Crippen LogP contribution is -2.37. The van der Waals surface area contributed by atoms with Gasteiger partial charge in [-0.1, -0.05) is 54.6 Å². The van der Waals surface area contributed by atoms with Gasteiger partial charge in [-0.15, -0.1) is 6.58 Å². The van der Waals surface area contributed by atoms with E-state index in [1.165, 1.54) is 18.4 Å². The molecule has 152 valence electrons. The van der Waals surface area contributed by atoms with Gasteiger partial charge < -0.3 is 10.1 Å². The number of hydrogen-bond acceptors (Lipinski definition) is 4. The molecule has 0 unspecified atom stereocenters. The molecule has 0 aliphatic rings. The van der Waals surface area contributed by atoms with Crippen LogP contribution in [0.3, 0.4) is 0 Å². The Hall–Kier alpha value is -4.00. The molecule has 2 amide bonds.